The predicted octanol–water partition coefficient (Wildman–Crippen LogP) is 4.50. The molecule has 3 aromatic carbocycles. The van der Waals surface area contributed by atoms with Gasteiger partial charge in [0.15, 0.2) is 0 Å². The normalized spacial score (nSPS) is 12.5. The first-order valence-corrected chi connectivity index (χ1v) is 10.8. The maximum atomic E-state index is 13.1. The van der Waals surface area contributed by atoms with Gasteiger partial charge >= 0.3 is 0 Å². The minimum absolute atomic E-state index is 0.169. The van der Waals surface area contributed by atoms with Gasteiger partial charge in [0, 0.05) is 11.4 Å². The third-order valence-corrected chi connectivity index (χ3v) is 5.44. The van der Waals surface area contributed by atoms with Crippen LogP contribution in [0.15, 0.2) is 78.9 Å². The Kier molecular flexibility index (Phi) is 8.28. The molecule has 0 aromatic heterocycles. The van der Waals surface area contributed by atoms with E-state index in [-0.39, 0.29) is 24.3 Å². The standard InChI is InChI=1S/C26H27ClN2O3/c1-18(21-6-4-3-5-7-21)28-26(31)24(16-19-8-12-22(27)13-9-19)29-25(30)17-20-10-14-23(32-2)15-11-20/h3-15,18,24H,16-17H2,1-2H3,(H,28,31)(H,29,30). The van der Waals surface area contributed by atoms with Crippen molar-refractivity contribution < 1.29 is 14.3 Å². The van der Waals surface area contributed by atoms with Gasteiger partial charge in [0.25, 0.3) is 0 Å². The number of amides is 2. The summed E-state index contributed by atoms with van der Waals surface area (Å²) in [6.07, 6.45) is 0.529. The van der Waals surface area contributed by atoms with Gasteiger partial charge in [-0.05, 0) is 47.9 Å². The van der Waals surface area contributed by atoms with Gasteiger partial charge in [-0.15, -0.1) is 0 Å². The molecular formula is C26H27ClN2O3. The highest BCUT2D eigenvalue weighted by Crippen LogP contribution is 2.15. The first-order valence-electron chi connectivity index (χ1n) is 10.5. The lowest BCUT2D eigenvalue weighted by Gasteiger charge is -2.22. The van der Waals surface area contributed by atoms with E-state index in [9.17, 15) is 9.59 Å². The van der Waals surface area contributed by atoms with E-state index < -0.39 is 6.04 Å². The molecule has 5 nitrogen and oxygen atoms in total. The van der Waals surface area contributed by atoms with Crippen LogP contribution in [-0.4, -0.2) is 25.0 Å². The summed E-state index contributed by atoms with van der Waals surface area (Å²) in [6, 6.07) is 23.4. The van der Waals surface area contributed by atoms with Crippen LogP contribution < -0.4 is 15.4 Å². The topological polar surface area (TPSA) is 67.4 Å². The first-order chi connectivity index (χ1) is 15.4. The molecule has 0 aliphatic carbocycles. The van der Waals surface area contributed by atoms with Crippen molar-refractivity contribution in [2.45, 2.75) is 31.8 Å². The maximum absolute atomic E-state index is 13.1. The first kappa shape index (κ1) is 23.4. The van der Waals surface area contributed by atoms with Crippen molar-refractivity contribution in [3.8, 4) is 5.75 Å². The van der Waals surface area contributed by atoms with Crippen LogP contribution in [0.25, 0.3) is 0 Å². The summed E-state index contributed by atoms with van der Waals surface area (Å²) in [4.78, 5) is 25.8. The maximum Gasteiger partial charge on any atom is 0.243 e. The number of carbonyl (C=O) groups excluding carboxylic acids is 2. The van der Waals surface area contributed by atoms with E-state index in [1.165, 1.54) is 0 Å². The van der Waals surface area contributed by atoms with Crippen molar-refractivity contribution in [2.24, 2.45) is 0 Å². The molecule has 2 N–H and O–H groups in total. The van der Waals surface area contributed by atoms with E-state index in [1.54, 1.807) is 19.2 Å². The molecule has 6 heteroatoms. The summed E-state index contributed by atoms with van der Waals surface area (Å²) in [5.74, 6) is 0.264. The lowest BCUT2D eigenvalue weighted by atomic mass is 10.0. The molecule has 0 bridgehead atoms. The highest BCUT2D eigenvalue weighted by Gasteiger charge is 2.23. The molecule has 3 aromatic rings. The monoisotopic (exact) mass is 450 g/mol. The van der Waals surface area contributed by atoms with E-state index in [1.807, 2.05) is 73.7 Å². The van der Waals surface area contributed by atoms with Crippen molar-refractivity contribution in [1.29, 1.82) is 0 Å². The van der Waals surface area contributed by atoms with Gasteiger partial charge in [-0.1, -0.05) is 66.2 Å². The quantitative estimate of drug-likeness (QED) is 0.504. The minimum atomic E-state index is -0.715. The Bertz CT molecular complexity index is 1020. The van der Waals surface area contributed by atoms with Crippen LogP contribution >= 0.6 is 11.6 Å². The van der Waals surface area contributed by atoms with Crippen molar-refractivity contribution >= 4 is 23.4 Å². The van der Waals surface area contributed by atoms with Crippen LogP contribution in [0.5, 0.6) is 5.75 Å². The lowest BCUT2D eigenvalue weighted by Crippen LogP contribution is -2.49. The molecule has 0 spiro atoms. The van der Waals surface area contributed by atoms with Gasteiger partial charge < -0.3 is 15.4 Å². The summed E-state index contributed by atoms with van der Waals surface area (Å²) in [5, 5.41) is 6.54. The van der Waals surface area contributed by atoms with E-state index in [4.69, 9.17) is 16.3 Å². The molecule has 2 amide bonds. The Morgan fingerprint density at radius 1 is 0.875 bits per heavy atom. The molecule has 166 valence electrons. The molecule has 0 radical (unpaired) electrons. The van der Waals surface area contributed by atoms with Crippen molar-refractivity contribution in [2.75, 3.05) is 7.11 Å². The summed E-state index contributed by atoms with van der Waals surface area (Å²) in [6.45, 7) is 1.92. The molecule has 2 unspecified atom stereocenters. The van der Waals surface area contributed by atoms with Gasteiger partial charge in [0.2, 0.25) is 11.8 Å². The number of halogens is 1. The van der Waals surface area contributed by atoms with E-state index in [0.29, 0.717) is 11.4 Å². The fourth-order valence-corrected chi connectivity index (χ4v) is 3.50. The highest BCUT2D eigenvalue weighted by atomic mass is 35.5. The number of ether oxygens (including phenoxy) is 1. The molecule has 0 saturated heterocycles. The summed E-state index contributed by atoms with van der Waals surface area (Å²) >= 11 is 5.99. The summed E-state index contributed by atoms with van der Waals surface area (Å²) in [7, 11) is 1.60. The number of carbonyl (C=O) groups is 2. The third kappa shape index (κ3) is 6.86. The Morgan fingerprint density at radius 2 is 1.50 bits per heavy atom. The fraction of sp³-hybridized carbons (Fsp3) is 0.231. The predicted molar refractivity (Wildman–Crippen MR) is 127 cm³/mol. The average molecular weight is 451 g/mol. The molecule has 3 rings (SSSR count). The number of rotatable bonds is 9. The minimum Gasteiger partial charge on any atom is -0.497 e. The molecule has 0 aliphatic heterocycles. The second kappa shape index (κ2) is 11.3. The van der Waals surface area contributed by atoms with Crippen molar-refractivity contribution in [1.82, 2.24) is 10.6 Å². The van der Waals surface area contributed by atoms with E-state index in [0.717, 1.165) is 22.4 Å². The van der Waals surface area contributed by atoms with Crippen molar-refractivity contribution in [3.05, 3.63) is 101 Å². The van der Waals surface area contributed by atoms with Gasteiger partial charge in [-0.3, -0.25) is 9.59 Å². The Labute approximate surface area is 193 Å². The molecule has 2 atom stereocenters. The van der Waals surface area contributed by atoms with Gasteiger partial charge in [-0.25, -0.2) is 0 Å². The second-order valence-electron chi connectivity index (χ2n) is 7.62. The summed E-state index contributed by atoms with van der Waals surface area (Å²) in [5.41, 5.74) is 2.74. The lowest BCUT2D eigenvalue weighted by molar-refractivity contribution is -0.129. The molecule has 0 saturated carbocycles. The number of benzene rings is 3. The average Bonchev–Trinajstić information content (AvgIpc) is 2.81. The number of hydrogen-bond donors (Lipinski definition) is 2. The fourth-order valence-electron chi connectivity index (χ4n) is 3.38. The van der Waals surface area contributed by atoms with Gasteiger partial charge in [0.1, 0.15) is 11.8 Å². The highest BCUT2D eigenvalue weighted by molar-refractivity contribution is 6.30. The van der Waals surface area contributed by atoms with E-state index in [2.05, 4.69) is 10.6 Å². The smallest absolute Gasteiger partial charge is 0.243 e. The molecule has 32 heavy (non-hydrogen) atoms. The molecular weight excluding hydrogens is 424 g/mol. The van der Waals surface area contributed by atoms with Crippen LogP contribution in [0.3, 0.4) is 0 Å². The molecule has 0 fully saturated rings. The van der Waals surface area contributed by atoms with Gasteiger partial charge in [0.05, 0.1) is 19.6 Å². The Balaban J connectivity index is 1.70. The molecule has 0 aliphatic rings. The largest absolute Gasteiger partial charge is 0.497 e. The zero-order valence-corrected chi connectivity index (χ0v) is 18.9. The third-order valence-electron chi connectivity index (χ3n) is 5.19. The van der Waals surface area contributed by atoms with Crippen LogP contribution in [0.2, 0.25) is 5.02 Å². The Hall–Kier alpha value is -3.31. The van der Waals surface area contributed by atoms with Gasteiger partial charge in [-0.2, -0.15) is 0 Å². The second-order valence-corrected chi connectivity index (χ2v) is 8.05. The Morgan fingerprint density at radius 3 is 2.12 bits per heavy atom. The zero-order chi connectivity index (χ0) is 22.9. The SMILES string of the molecule is COc1ccc(CC(=O)NC(Cc2ccc(Cl)cc2)C(=O)NC(C)c2ccccc2)cc1. The molecule has 0 heterocycles. The van der Waals surface area contributed by atoms with Crippen LogP contribution in [0.1, 0.15) is 29.7 Å². The van der Waals surface area contributed by atoms with Crippen LogP contribution in [0.4, 0.5) is 0 Å². The summed E-state index contributed by atoms with van der Waals surface area (Å²) < 4.78 is 5.16. The number of hydrogen-bond acceptors (Lipinski definition) is 3. The van der Waals surface area contributed by atoms with E-state index >= 15 is 0 Å². The number of nitrogens with one attached hydrogen (secondary N) is 2. The number of methoxy groups -OCH3 is 1. The zero-order valence-electron chi connectivity index (χ0n) is 18.2. The van der Waals surface area contributed by atoms with Crippen molar-refractivity contribution in [3.63, 3.8) is 0 Å². The van der Waals surface area contributed by atoms with Crippen LogP contribution in [0, 0.1) is 0 Å². The van der Waals surface area contributed by atoms with Crippen LogP contribution in [-0.2, 0) is 22.4 Å².